The van der Waals surface area contributed by atoms with Crippen LogP contribution < -0.4 is 0 Å². The van der Waals surface area contributed by atoms with E-state index in [1.807, 2.05) is 0 Å². The molecule has 0 fully saturated rings. The number of alkyl halides is 3. The maximum Gasteiger partial charge on any atom is 0.416 e. The summed E-state index contributed by atoms with van der Waals surface area (Å²) in [4.78, 5) is 7.92. The van der Waals surface area contributed by atoms with Gasteiger partial charge in [-0.05, 0) is 49.2 Å². The van der Waals surface area contributed by atoms with Crippen LogP contribution in [0.5, 0.6) is 0 Å². The van der Waals surface area contributed by atoms with Crippen molar-refractivity contribution in [1.82, 2.24) is 9.97 Å². The molecule has 1 heterocycles. The molecule has 0 spiro atoms. The molecule has 0 saturated heterocycles. The minimum atomic E-state index is -4.35. The highest BCUT2D eigenvalue weighted by Crippen LogP contribution is 2.33. The Bertz CT molecular complexity index is 604. The third-order valence-corrected chi connectivity index (χ3v) is 2.82. The van der Waals surface area contributed by atoms with Gasteiger partial charge in [0.2, 0.25) is 5.28 Å². The van der Waals surface area contributed by atoms with Crippen LogP contribution in [-0.2, 0) is 6.18 Å². The van der Waals surface area contributed by atoms with E-state index in [0.29, 0.717) is 17.0 Å². The average Bonchev–Trinajstić information content (AvgIpc) is 2.25. The second kappa shape index (κ2) is 4.81. The van der Waals surface area contributed by atoms with Crippen molar-refractivity contribution in [2.45, 2.75) is 20.0 Å². The van der Waals surface area contributed by atoms with E-state index in [0.717, 1.165) is 6.07 Å². The van der Waals surface area contributed by atoms with Gasteiger partial charge in [0.1, 0.15) is 0 Å². The minimum Gasteiger partial charge on any atom is -0.223 e. The fraction of sp³-hybridized carbons (Fsp3) is 0.231. The molecule has 0 aliphatic rings. The average molecular weight is 287 g/mol. The summed E-state index contributed by atoms with van der Waals surface area (Å²) in [6, 6.07) is 5.55. The van der Waals surface area contributed by atoms with Gasteiger partial charge in [0.05, 0.1) is 11.3 Å². The zero-order valence-corrected chi connectivity index (χ0v) is 11.0. The summed E-state index contributed by atoms with van der Waals surface area (Å²) >= 11 is 5.74. The van der Waals surface area contributed by atoms with Gasteiger partial charge >= 0.3 is 6.18 Å². The Balaban J connectivity index is 2.50. The molecule has 0 bridgehead atoms. The monoisotopic (exact) mass is 286 g/mol. The number of halogens is 4. The second-order valence-electron chi connectivity index (χ2n) is 4.19. The van der Waals surface area contributed by atoms with Gasteiger partial charge < -0.3 is 0 Å². The van der Waals surface area contributed by atoms with Crippen LogP contribution in [0.4, 0.5) is 13.2 Å². The zero-order chi connectivity index (χ0) is 14.2. The van der Waals surface area contributed by atoms with Crippen molar-refractivity contribution in [3.8, 4) is 11.3 Å². The van der Waals surface area contributed by atoms with E-state index in [1.54, 1.807) is 13.0 Å². The molecule has 0 aliphatic carbocycles. The van der Waals surface area contributed by atoms with Gasteiger partial charge in [-0.2, -0.15) is 13.2 Å². The van der Waals surface area contributed by atoms with Gasteiger partial charge in [0, 0.05) is 11.3 Å². The smallest absolute Gasteiger partial charge is 0.223 e. The van der Waals surface area contributed by atoms with Crippen molar-refractivity contribution < 1.29 is 13.2 Å². The van der Waals surface area contributed by atoms with Crippen LogP contribution in [0.1, 0.15) is 16.8 Å². The molecular formula is C13H10ClF3N2. The third kappa shape index (κ3) is 3.04. The zero-order valence-electron chi connectivity index (χ0n) is 10.2. The predicted molar refractivity (Wildman–Crippen MR) is 67.0 cm³/mol. The molecule has 0 amide bonds. The minimum absolute atomic E-state index is 0.0764. The SMILES string of the molecule is Cc1cc(-c2ccc(C(F)(F)F)c(C)c2)nc(Cl)n1. The van der Waals surface area contributed by atoms with Gasteiger partial charge in [-0.15, -0.1) is 0 Å². The highest BCUT2D eigenvalue weighted by atomic mass is 35.5. The second-order valence-corrected chi connectivity index (χ2v) is 4.53. The number of nitrogens with zero attached hydrogens (tertiary/aromatic N) is 2. The lowest BCUT2D eigenvalue weighted by atomic mass is 10.0. The van der Waals surface area contributed by atoms with E-state index in [-0.39, 0.29) is 10.8 Å². The largest absolute Gasteiger partial charge is 0.416 e. The fourth-order valence-electron chi connectivity index (χ4n) is 1.82. The topological polar surface area (TPSA) is 25.8 Å². The van der Waals surface area contributed by atoms with Crippen LogP contribution >= 0.6 is 11.6 Å². The highest BCUT2D eigenvalue weighted by molar-refractivity contribution is 6.28. The van der Waals surface area contributed by atoms with Crippen molar-refractivity contribution in [3.63, 3.8) is 0 Å². The first kappa shape index (κ1) is 13.8. The Morgan fingerprint density at radius 2 is 1.74 bits per heavy atom. The van der Waals surface area contributed by atoms with Crippen LogP contribution in [0.2, 0.25) is 5.28 Å². The number of benzene rings is 1. The summed E-state index contributed by atoms with van der Waals surface area (Å²) in [6.07, 6.45) is -4.35. The molecule has 0 radical (unpaired) electrons. The van der Waals surface area contributed by atoms with Crippen molar-refractivity contribution in [2.75, 3.05) is 0 Å². The standard InChI is InChI=1S/C13H10ClF3N2/c1-7-5-9(3-4-10(7)13(15,16)17)11-6-8(2)18-12(14)19-11/h3-6H,1-2H3. The molecule has 6 heteroatoms. The third-order valence-electron chi connectivity index (χ3n) is 2.65. The summed E-state index contributed by atoms with van der Waals surface area (Å²) in [5, 5.41) is 0.0764. The Hall–Kier alpha value is -1.62. The molecule has 0 N–H and O–H groups in total. The maximum atomic E-state index is 12.7. The van der Waals surface area contributed by atoms with Gasteiger partial charge in [-0.25, -0.2) is 9.97 Å². The number of aromatic nitrogens is 2. The molecular weight excluding hydrogens is 277 g/mol. The van der Waals surface area contributed by atoms with E-state index < -0.39 is 11.7 Å². The number of hydrogen-bond donors (Lipinski definition) is 0. The summed E-state index contributed by atoms with van der Waals surface area (Å²) in [6.45, 7) is 3.16. The van der Waals surface area contributed by atoms with Gasteiger partial charge in [0.15, 0.2) is 0 Å². The lowest BCUT2D eigenvalue weighted by Gasteiger charge is -2.11. The lowest BCUT2D eigenvalue weighted by molar-refractivity contribution is -0.138. The van der Waals surface area contributed by atoms with E-state index in [9.17, 15) is 13.2 Å². The highest BCUT2D eigenvalue weighted by Gasteiger charge is 2.32. The number of hydrogen-bond acceptors (Lipinski definition) is 2. The predicted octanol–water partition coefficient (Wildman–Crippen LogP) is 4.43. The fourth-order valence-corrected chi connectivity index (χ4v) is 2.05. The molecule has 2 rings (SSSR count). The molecule has 2 aromatic rings. The molecule has 19 heavy (non-hydrogen) atoms. The van der Waals surface area contributed by atoms with Gasteiger partial charge in [-0.3, -0.25) is 0 Å². The van der Waals surface area contributed by atoms with Crippen molar-refractivity contribution in [3.05, 3.63) is 46.4 Å². The van der Waals surface area contributed by atoms with Crippen molar-refractivity contribution in [1.29, 1.82) is 0 Å². The Kier molecular flexibility index (Phi) is 3.49. The van der Waals surface area contributed by atoms with Crippen LogP contribution in [0.15, 0.2) is 24.3 Å². The number of aryl methyl sites for hydroxylation is 2. The summed E-state index contributed by atoms with van der Waals surface area (Å²) in [5.41, 5.74) is 1.25. The molecule has 0 aliphatic heterocycles. The van der Waals surface area contributed by atoms with Crippen molar-refractivity contribution in [2.24, 2.45) is 0 Å². The summed E-state index contributed by atoms with van der Waals surface area (Å²) in [7, 11) is 0. The molecule has 0 atom stereocenters. The van der Waals surface area contributed by atoms with Gasteiger partial charge in [0.25, 0.3) is 0 Å². The Morgan fingerprint density at radius 3 is 2.26 bits per heavy atom. The molecule has 0 unspecified atom stereocenters. The summed E-state index contributed by atoms with van der Waals surface area (Å²) in [5.74, 6) is 0. The Labute approximate surface area is 113 Å². The van der Waals surface area contributed by atoms with Crippen molar-refractivity contribution >= 4 is 11.6 Å². The van der Waals surface area contributed by atoms with E-state index >= 15 is 0 Å². The first-order valence-corrected chi connectivity index (χ1v) is 5.84. The first-order chi connectivity index (χ1) is 8.77. The van der Waals surface area contributed by atoms with E-state index in [2.05, 4.69) is 9.97 Å². The van der Waals surface area contributed by atoms with E-state index in [1.165, 1.54) is 19.1 Å². The Morgan fingerprint density at radius 1 is 1.05 bits per heavy atom. The molecule has 0 saturated carbocycles. The van der Waals surface area contributed by atoms with Crippen LogP contribution in [0.3, 0.4) is 0 Å². The van der Waals surface area contributed by atoms with Crippen LogP contribution in [0.25, 0.3) is 11.3 Å². The number of rotatable bonds is 1. The van der Waals surface area contributed by atoms with Crippen LogP contribution in [-0.4, -0.2) is 9.97 Å². The lowest BCUT2D eigenvalue weighted by Crippen LogP contribution is -2.07. The van der Waals surface area contributed by atoms with E-state index in [4.69, 9.17) is 11.6 Å². The van der Waals surface area contributed by atoms with Gasteiger partial charge in [-0.1, -0.05) is 6.07 Å². The maximum absolute atomic E-state index is 12.7. The molecule has 100 valence electrons. The summed E-state index contributed by atoms with van der Waals surface area (Å²) < 4.78 is 38.0. The van der Waals surface area contributed by atoms with Crippen LogP contribution in [0, 0.1) is 13.8 Å². The quantitative estimate of drug-likeness (QED) is 0.725. The molecule has 1 aromatic heterocycles. The molecule has 1 aromatic carbocycles. The normalized spacial score (nSPS) is 11.7. The molecule has 2 nitrogen and oxygen atoms in total. The first-order valence-electron chi connectivity index (χ1n) is 5.47.